The van der Waals surface area contributed by atoms with Crippen LogP contribution in [0.1, 0.15) is 27.0 Å². The summed E-state index contributed by atoms with van der Waals surface area (Å²) in [6.07, 6.45) is 1.53. The Kier molecular flexibility index (Phi) is 7.51. The molecule has 0 saturated heterocycles. The second-order valence-electron chi connectivity index (χ2n) is 6.69. The molecule has 0 aliphatic heterocycles. The van der Waals surface area contributed by atoms with Gasteiger partial charge in [0.1, 0.15) is 12.4 Å². The molecule has 3 rings (SSSR count). The van der Waals surface area contributed by atoms with E-state index in [1.54, 1.807) is 31.4 Å². The smallest absolute Gasteiger partial charge is 0.275 e. The van der Waals surface area contributed by atoms with Crippen LogP contribution < -0.4 is 19.6 Å². The monoisotopic (exact) mass is 438 g/mol. The Bertz CT molecular complexity index is 1100. The summed E-state index contributed by atoms with van der Waals surface area (Å²) in [7, 11) is 3.09. The van der Waals surface area contributed by atoms with Gasteiger partial charge < -0.3 is 14.2 Å². The Hall–Kier alpha value is -3.51. The van der Waals surface area contributed by atoms with Crippen LogP contribution >= 0.6 is 11.6 Å². The number of carbonyl (C=O) groups is 1. The Morgan fingerprint density at radius 3 is 2.52 bits per heavy atom. The standard InChI is InChI=1S/C24H23ClN2O4/c1-16-8-10-19(22(12-16)30-3)24(28)27-26-14-17-9-11-21(29-2)23(13-17)31-15-18-6-4-5-7-20(18)25/h4-14H,15H2,1-3H3,(H,27,28)/b26-14-. The first kappa shape index (κ1) is 22.2. The lowest BCUT2D eigenvalue weighted by atomic mass is 10.1. The van der Waals surface area contributed by atoms with Crippen molar-refractivity contribution in [3.63, 3.8) is 0 Å². The van der Waals surface area contributed by atoms with E-state index in [4.69, 9.17) is 25.8 Å². The van der Waals surface area contributed by atoms with Gasteiger partial charge in [-0.1, -0.05) is 35.9 Å². The topological polar surface area (TPSA) is 69.2 Å². The van der Waals surface area contributed by atoms with Crippen LogP contribution in [-0.2, 0) is 6.61 Å². The summed E-state index contributed by atoms with van der Waals surface area (Å²) in [5.74, 6) is 1.25. The average Bonchev–Trinajstić information content (AvgIpc) is 2.78. The molecule has 0 bridgehead atoms. The van der Waals surface area contributed by atoms with E-state index >= 15 is 0 Å². The first-order chi connectivity index (χ1) is 15.0. The van der Waals surface area contributed by atoms with Gasteiger partial charge in [0.2, 0.25) is 0 Å². The highest BCUT2D eigenvalue weighted by Gasteiger charge is 2.12. The predicted octanol–water partition coefficient (Wildman–Crippen LogP) is 5.01. The molecule has 0 aromatic heterocycles. The molecule has 31 heavy (non-hydrogen) atoms. The Balaban J connectivity index is 1.70. The zero-order valence-corrected chi connectivity index (χ0v) is 18.3. The summed E-state index contributed by atoms with van der Waals surface area (Å²) < 4.78 is 16.5. The van der Waals surface area contributed by atoms with Crippen LogP contribution in [0.3, 0.4) is 0 Å². The van der Waals surface area contributed by atoms with Gasteiger partial charge in [0.05, 0.1) is 26.0 Å². The number of hydrogen-bond donors (Lipinski definition) is 1. The van der Waals surface area contributed by atoms with Crippen molar-refractivity contribution in [1.29, 1.82) is 0 Å². The minimum absolute atomic E-state index is 0.292. The van der Waals surface area contributed by atoms with Gasteiger partial charge in [-0.05, 0) is 54.4 Å². The van der Waals surface area contributed by atoms with Crippen molar-refractivity contribution in [3.05, 3.63) is 87.9 Å². The maximum absolute atomic E-state index is 12.4. The third kappa shape index (κ3) is 5.77. The maximum atomic E-state index is 12.4. The van der Waals surface area contributed by atoms with Crippen LogP contribution in [-0.4, -0.2) is 26.3 Å². The van der Waals surface area contributed by atoms with E-state index in [0.717, 1.165) is 16.7 Å². The normalized spacial score (nSPS) is 10.7. The van der Waals surface area contributed by atoms with Gasteiger partial charge in [-0.2, -0.15) is 5.10 Å². The SMILES string of the molecule is COc1ccc(/C=N\NC(=O)c2ccc(C)cc2OC)cc1OCc1ccccc1Cl. The van der Waals surface area contributed by atoms with Crippen LogP contribution in [0.4, 0.5) is 0 Å². The molecule has 0 saturated carbocycles. The van der Waals surface area contributed by atoms with Crippen LogP contribution in [0, 0.1) is 6.92 Å². The number of carbonyl (C=O) groups excluding carboxylic acids is 1. The van der Waals surface area contributed by atoms with E-state index < -0.39 is 0 Å². The first-order valence-electron chi connectivity index (χ1n) is 9.54. The summed E-state index contributed by atoms with van der Waals surface area (Å²) in [5, 5.41) is 4.68. The van der Waals surface area contributed by atoms with Crippen molar-refractivity contribution in [1.82, 2.24) is 5.43 Å². The van der Waals surface area contributed by atoms with Gasteiger partial charge in [-0.25, -0.2) is 5.43 Å². The average molecular weight is 439 g/mol. The Labute approximate surface area is 186 Å². The second-order valence-corrected chi connectivity index (χ2v) is 7.10. The summed E-state index contributed by atoms with van der Waals surface area (Å²) in [4.78, 5) is 12.4. The summed E-state index contributed by atoms with van der Waals surface area (Å²) in [5.41, 5.74) is 5.51. The number of aryl methyl sites for hydroxylation is 1. The predicted molar refractivity (Wildman–Crippen MR) is 122 cm³/mol. The van der Waals surface area contributed by atoms with E-state index in [1.807, 2.05) is 43.3 Å². The molecule has 0 atom stereocenters. The molecule has 160 valence electrons. The van der Waals surface area contributed by atoms with Crippen molar-refractivity contribution in [3.8, 4) is 17.2 Å². The van der Waals surface area contributed by atoms with Gasteiger partial charge in [-0.15, -0.1) is 0 Å². The Morgan fingerprint density at radius 1 is 1.00 bits per heavy atom. The number of hydrazone groups is 1. The van der Waals surface area contributed by atoms with Crippen molar-refractivity contribution in [2.24, 2.45) is 5.10 Å². The summed E-state index contributed by atoms with van der Waals surface area (Å²) in [6.45, 7) is 2.22. The number of amides is 1. The van der Waals surface area contributed by atoms with Gasteiger partial charge >= 0.3 is 0 Å². The van der Waals surface area contributed by atoms with Crippen LogP contribution in [0.2, 0.25) is 5.02 Å². The fraction of sp³-hybridized carbons (Fsp3) is 0.167. The molecule has 0 aliphatic carbocycles. The summed E-state index contributed by atoms with van der Waals surface area (Å²) >= 11 is 6.19. The lowest BCUT2D eigenvalue weighted by molar-refractivity contribution is 0.0952. The van der Waals surface area contributed by atoms with Crippen LogP contribution in [0.5, 0.6) is 17.2 Å². The fourth-order valence-electron chi connectivity index (χ4n) is 2.87. The molecule has 0 fully saturated rings. The molecule has 0 heterocycles. The second kappa shape index (κ2) is 10.5. The lowest BCUT2D eigenvalue weighted by Crippen LogP contribution is -2.18. The molecule has 6 nitrogen and oxygen atoms in total. The molecule has 0 unspecified atom stereocenters. The van der Waals surface area contributed by atoms with Gasteiger partial charge in [0.15, 0.2) is 11.5 Å². The molecule has 1 N–H and O–H groups in total. The third-order valence-corrected chi connectivity index (χ3v) is 4.88. The van der Waals surface area contributed by atoms with Crippen molar-refractivity contribution in [2.75, 3.05) is 14.2 Å². The largest absolute Gasteiger partial charge is 0.496 e. The molecule has 3 aromatic carbocycles. The van der Waals surface area contributed by atoms with Crippen molar-refractivity contribution < 1.29 is 19.0 Å². The van der Waals surface area contributed by atoms with E-state index in [2.05, 4.69) is 10.5 Å². The highest BCUT2D eigenvalue weighted by molar-refractivity contribution is 6.31. The van der Waals surface area contributed by atoms with E-state index in [9.17, 15) is 4.79 Å². The van der Waals surface area contributed by atoms with Crippen molar-refractivity contribution in [2.45, 2.75) is 13.5 Å². The first-order valence-corrected chi connectivity index (χ1v) is 9.92. The summed E-state index contributed by atoms with van der Waals surface area (Å²) in [6, 6.07) is 18.2. The van der Waals surface area contributed by atoms with Crippen LogP contribution in [0.25, 0.3) is 0 Å². The van der Waals surface area contributed by atoms with Crippen molar-refractivity contribution >= 4 is 23.7 Å². The number of nitrogens with zero attached hydrogens (tertiary/aromatic N) is 1. The van der Waals surface area contributed by atoms with Gasteiger partial charge in [0, 0.05) is 10.6 Å². The van der Waals surface area contributed by atoms with E-state index in [-0.39, 0.29) is 5.91 Å². The molecule has 1 amide bonds. The maximum Gasteiger partial charge on any atom is 0.275 e. The number of rotatable bonds is 8. The van der Waals surface area contributed by atoms with Gasteiger partial charge in [0.25, 0.3) is 5.91 Å². The molecule has 0 spiro atoms. The van der Waals surface area contributed by atoms with E-state index in [0.29, 0.717) is 34.4 Å². The van der Waals surface area contributed by atoms with E-state index in [1.165, 1.54) is 13.3 Å². The lowest BCUT2D eigenvalue weighted by Gasteiger charge is -2.12. The molecule has 0 aliphatic rings. The van der Waals surface area contributed by atoms with Crippen LogP contribution in [0.15, 0.2) is 65.8 Å². The molecule has 0 radical (unpaired) electrons. The molecular formula is C24H23ClN2O4. The zero-order chi connectivity index (χ0) is 22.2. The molecular weight excluding hydrogens is 416 g/mol. The number of halogens is 1. The quantitative estimate of drug-likeness (QED) is 0.396. The minimum Gasteiger partial charge on any atom is -0.496 e. The minimum atomic E-state index is -0.364. The van der Waals surface area contributed by atoms with Gasteiger partial charge in [-0.3, -0.25) is 4.79 Å². The molecule has 7 heteroatoms. The number of methoxy groups -OCH3 is 2. The number of nitrogens with one attached hydrogen (secondary N) is 1. The number of benzene rings is 3. The highest BCUT2D eigenvalue weighted by atomic mass is 35.5. The number of ether oxygens (including phenoxy) is 3. The Morgan fingerprint density at radius 2 is 1.77 bits per heavy atom. The molecule has 3 aromatic rings. The highest BCUT2D eigenvalue weighted by Crippen LogP contribution is 2.29. The third-order valence-electron chi connectivity index (χ3n) is 4.51. The number of hydrogen-bond acceptors (Lipinski definition) is 5. The zero-order valence-electron chi connectivity index (χ0n) is 17.5. The fourth-order valence-corrected chi connectivity index (χ4v) is 3.06.